The van der Waals surface area contributed by atoms with E-state index in [1.54, 1.807) is 48.5 Å². The zero-order valence-electron chi connectivity index (χ0n) is 19.0. The molecule has 3 aromatic rings. The lowest BCUT2D eigenvalue weighted by atomic mass is 9.94. The molecule has 1 unspecified atom stereocenters. The van der Waals surface area contributed by atoms with Crippen LogP contribution in [0.25, 0.3) is 0 Å². The molecule has 9 nitrogen and oxygen atoms in total. The number of anilines is 2. The number of nitrogen functional groups attached to an aromatic ring is 1. The molecule has 4 rings (SSSR count). The third kappa shape index (κ3) is 5.54. The summed E-state index contributed by atoms with van der Waals surface area (Å²) in [5.41, 5.74) is 19.9. The highest BCUT2D eigenvalue weighted by Crippen LogP contribution is 2.33. The topological polar surface area (TPSA) is 155 Å². The van der Waals surface area contributed by atoms with Gasteiger partial charge in [0.2, 0.25) is 12.7 Å². The first-order valence-electron chi connectivity index (χ1n) is 10.9. The van der Waals surface area contributed by atoms with E-state index in [4.69, 9.17) is 49.9 Å². The second-order valence-corrected chi connectivity index (χ2v) is 8.78. The lowest BCUT2D eigenvalue weighted by Crippen LogP contribution is -2.24. The Morgan fingerprint density at radius 3 is 2.53 bits per heavy atom. The van der Waals surface area contributed by atoms with Crippen LogP contribution >= 0.6 is 23.2 Å². The van der Waals surface area contributed by atoms with Crippen molar-refractivity contribution >= 4 is 52.2 Å². The Kier molecular flexibility index (Phi) is 7.64. The van der Waals surface area contributed by atoms with Crippen LogP contribution in [0.4, 0.5) is 11.4 Å². The van der Waals surface area contributed by atoms with Gasteiger partial charge >= 0.3 is 0 Å². The number of rotatable bonds is 7. The Morgan fingerprint density at radius 2 is 1.78 bits per heavy atom. The minimum Gasteiger partial charge on any atom is -0.454 e. The van der Waals surface area contributed by atoms with Crippen molar-refractivity contribution in [3.8, 4) is 11.5 Å². The molecular formula is C25H23Cl2N5O4. The Labute approximate surface area is 217 Å². The number of benzene rings is 3. The molecule has 36 heavy (non-hydrogen) atoms. The minimum atomic E-state index is -0.581. The second-order valence-electron chi connectivity index (χ2n) is 7.96. The maximum Gasteiger partial charge on any atom is 0.279 e. The molecule has 1 atom stereocenters. The van der Waals surface area contributed by atoms with Crippen LogP contribution in [0.15, 0.2) is 59.6 Å². The SMILES string of the molecule is NCCC(C(=O)Nc1ccc(N)c(C(N)=NC(=O)c2ccc3c(c2)OCO3)c1)c1ccc(Cl)c(Cl)c1. The Hall–Kier alpha value is -3.79. The van der Waals surface area contributed by atoms with Crippen molar-refractivity contribution in [3.05, 3.63) is 81.3 Å². The van der Waals surface area contributed by atoms with Gasteiger partial charge in [-0.1, -0.05) is 29.3 Å². The number of hydrogen-bond acceptors (Lipinski definition) is 6. The van der Waals surface area contributed by atoms with Crippen molar-refractivity contribution in [3.63, 3.8) is 0 Å². The molecule has 0 aliphatic carbocycles. The number of ether oxygens (including phenoxy) is 2. The number of carbonyl (C=O) groups is 2. The zero-order valence-corrected chi connectivity index (χ0v) is 20.5. The Bertz CT molecular complexity index is 1360. The quantitative estimate of drug-likeness (QED) is 0.206. The van der Waals surface area contributed by atoms with Crippen LogP contribution in [-0.2, 0) is 4.79 Å². The molecule has 2 amide bonds. The van der Waals surface area contributed by atoms with Crippen molar-refractivity contribution in [1.82, 2.24) is 0 Å². The second kappa shape index (κ2) is 10.9. The fraction of sp³-hybridized carbons (Fsp3) is 0.160. The number of halogens is 2. The van der Waals surface area contributed by atoms with Crippen molar-refractivity contribution < 1.29 is 19.1 Å². The van der Waals surface area contributed by atoms with Crippen LogP contribution in [0.1, 0.15) is 33.8 Å². The molecule has 1 aliphatic rings. The van der Waals surface area contributed by atoms with Crippen molar-refractivity contribution in [2.75, 3.05) is 24.4 Å². The molecular weight excluding hydrogens is 505 g/mol. The zero-order chi connectivity index (χ0) is 25.8. The normalized spacial score (nSPS) is 13.4. The maximum absolute atomic E-state index is 13.1. The third-order valence-electron chi connectivity index (χ3n) is 5.56. The molecule has 0 spiro atoms. The summed E-state index contributed by atoms with van der Waals surface area (Å²) in [6.07, 6.45) is 0.388. The highest BCUT2D eigenvalue weighted by atomic mass is 35.5. The Morgan fingerprint density at radius 1 is 1.00 bits per heavy atom. The summed E-state index contributed by atoms with van der Waals surface area (Å²) in [6.45, 7) is 0.373. The third-order valence-corrected chi connectivity index (χ3v) is 6.30. The highest BCUT2D eigenvalue weighted by molar-refractivity contribution is 6.42. The number of nitrogens with one attached hydrogen (secondary N) is 1. The van der Waals surface area contributed by atoms with E-state index < -0.39 is 11.8 Å². The summed E-state index contributed by atoms with van der Waals surface area (Å²) in [5, 5.41) is 3.57. The first-order chi connectivity index (χ1) is 17.3. The number of carbonyl (C=O) groups excluding carboxylic acids is 2. The smallest absolute Gasteiger partial charge is 0.279 e. The van der Waals surface area contributed by atoms with Gasteiger partial charge in [0.1, 0.15) is 5.84 Å². The molecule has 3 aromatic carbocycles. The first-order valence-corrected chi connectivity index (χ1v) is 11.7. The molecule has 1 aliphatic heterocycles. The van der Waals surface area contributed by atoms with Gasteiger partial charge in [0, 0.05) is 22.5 Å². The molecule has 0 radical (unpaired) electrons. The van der Waals surface area contributed by atoms with Crippen molar-refractivity contribution in [1.29, 1.82) is 0 Å². The van der Waals surface area contributed by atoms with Crippen LogP contribution in [0.3, 0.4) is 0 Å². The maximum atomic E-state index is 13.1. The average Bonchev–Trinajstić information content (AvgIpc) is 3.33. The van der Waals surface area contributed by atoms with Crippen molar-refractivity contribution in [2.24, 2.45) is 16.5 Å². The van der Waals surface area contributed by atoms with Gasteiger partial charge in [-0.25, -0.2) is 0 Å². The van der Waals surface area contributed by atoms with E-state index in [2.05, 4.69) is 10.3 Å². The van der Waals surface area contributed by atoms with Gasteiger partial charge in [0.15, 0.2) is 11.5 Å². The van der Waals surface area contributed by atoms with Crippen LogP contribution in [-0.4, -0.2) is 31.0 Å². The van der Waals surface area contributed by atoms with Gasteiger partial charge in [-0.05, 0) is 67.1 Å². The van der Waals surface area contributed by atoms with Crippen LogP contribution in [0, 0.1) is 0 Å². The summed E-state index contributed by atoms with van der Waals surface area (Å²) >= 11 is 12.1. The largest absolute Gasteiger partial charge is 0.454 e. The minimum absolute atomic E-state index is 0.0879. The monoisotopic (exact) mass is 527 g/mol. The molecule has 0 fully saturated rings. The number of amidine groups is 1. The number of fused-ring (bicyclic) bond motifs is 1. The van der Waals surface area contributed by atoms with E-state index >= 15 is 0 Å². The summed E-state index contributed by atoms with van der Waals surface area (Å²) in [7, 11) is 0. The molecule has 0 aromatic heterocycles. The standard InChI is InChI=1S/C25H23Cl2N5O4/c26-18-4-1-13(9-19(18)27)16(7-8-28)25(34)31-15-3-5-20(29)17(11-15)23(30)32-24(33)14-2-6-21-22(10-14)36-12-35-21/h1-6,9-11,16H,7-8,12,28-29H2,(H,31,34)(H2,30,32,33). The molecule has 1 heterocycles. The summed E-state index contributed by atoms with van der Waals surface area (Å²) in [4.78, 5) is 29.8. The Balaban J connectivity index is 1.55. The predicted molar refractivity (Wildman–Crippen MR) is 140 cm³/mol. The van der Waals surface area contributed by atoms with E-state index in [9.17, 15) is 9.59 Å². The molecule has 0 bridgehead atoms. The van der Waals surface area contributed by atoms with Gasteiger partial charge in [-0.2, -0.15) is 4.99 Å². The molecule has 11 heteroatoms. The van der Waals surface area contributed by atoms with E-state index in [0.717, 1.165) is 0 Å². The lowest BCUT2D eigenvalue weighted by molar-refractivity contribution is -0.117. The predicted octanol–water partition coefficient (Wildman–Crippen LogP) is 3.92. The van der Waals surface area contributed by atoms with Crippen LogP contribution < -0.4 is 32.0 Å². The van der Waals surface area contributed by atoms with E-state index in [0.29, 0.717) is 44.8 Å². The van der Waals surface area contributed by atoms with Gasteiger partial charge in [0.25, 0.3) is 5.91 Å². The fourth-order valence-electron chi connectivity index (χ4n) is 3.69. The number of nitrogens with two attached hydrogens (primary N) is 3. The molecule has 7 N–H and O–H groups in total. The molecule has 186 valence electrons. The number of hydrogen-bond donors (Lipinski definition) is 4. The fourth-order valence-corrected chi connectivity index (χ4v) is 4.00. The van der Waals surface area contributed by atoms with Gasteiger partial charge < -0.3 is 32.0 Å². The number of amides is 2. The van der Waals surface area contributed by atoms with Gasteiger partial charge in [-0.15, -0.1) is 0 Å². The average molecular weight is 528 g/mol. The van der Waals surface area contributed by atoms with Gasteiger partial charge in [0.05, 0.1) is 16.0 Å². The molecule has 0 saturated heterocycles. The van der Waals surface area contributed by atoms with E-state index in [1.807, 2.05) is 0 Å². The van der Waals surface area contributed by atoms with Crippen LogP contribution in [0.2, 0.25) is 10.0 Å². The molecule has 0 saturated carbocycles. The number of nitrogens with zero attached hydrogens (tertiary/aromatic N) is 1. The summed E-state index contributed by atoms with van der Waals surface area (Å²) in [6, 6.07) is 14.5. The summed E-state index contributed by atoms with van der Waals surface area (Å²) < 4.78 is 10.5. The van der Waals surface area contributed by atoms with E-state index in [1.165, 1.54) is 6.07 Å². The first kappa shape index (κ1) is 25.3. The number of aliphatic imine (C=N–C) groups is 1. The van der Waals surface area contributed by atoms with Crippen molar-refractivity contribution in [2.45, 2.75) is 12.3 Å². The lowest BCUT2D eigenvalue weighted by Gasteiger charge is -2.18. The van der Waals surface area contributed by atoms with Crippen LogP contribution in [0.5, 0.6) is 11.5 Å². The van der Waals surface area contributed by atoms with E-state index in [-0.39, 0.29) is 36.3 Å². The highest BCUT2D eigenvalue weighted by Gasteiger charge is 2.22. The van der Waals surface area contributed by atoms with Gasteiger partial charge in [-0.3, -0.25) is 9.59 Å². The summed E-state index contributed by atoms with van der Waals surface area (Å²) in [5.74, 6) is -0.555.